The van der Waals surface area contributed by atoms with E-state index in [4.69, 9.17) is 5.73 Å². The summed E-state index contributed by atoms with van der Waals surface area (Å²) in [7, 11) is 6.21. The van der Waals surface area contributed by atoms with E-state index in [0.717, 1.165) is 29.7 Å². The van der Waals surface area contributed by atoms with Crippen molar-refractivity contribution in [1.82, 2.24) is 9.88 Å². The number of aromatic nitrogens is 1. The predicted molar refractivity (Wildman–Crippen MR) is 72.8 cm³/mol. The first-order chi connectivity index (χ1) is 7.52. The Labute approximate surface area is 106 Å². The summed E-state index contributed by atoms with van der Waals surface area (Å²) in [6, 6.07) is 0. The van der Waals surface area contributed by atoms with Crippen LogP contribution in [0.25, 0.3) is 0 Å². The van der Waals surface area contributed by atoms with E-state index in [-0.39, 0.29) is 0 Å². The zero-order valence-corrected chi connectivity index (χ0v) is 11.7. The highest BCUT2D eigenvalue weighted by Crippen LogP contribution is 2.30. The number of hydrogen-bond acceptors (Lipinski definition) is 4. The third-order valence-corrected chi connectivity index (χ3v) is 2.96. The van der Waals surface area contributed by atoms with E-state index in [9.17, 15) is 0 Å². The average molecular weight is 287 g/mol. The van der Waals surface area contributed by atoms with E-state index in [0.29, 0.717) is 5.69 Å². The molecule has 5 heteroatoms. The molecule has 0 saturated carbocycles. The highest BCUT2D eigenvalue weighted by atomic mass is 79.9. The van der Waals surface area contributed by atoms with Crippen LogP contribution in [0.5, 0.6) is 0 Å². The van der Waals surface area contributed by atoms with Crippen molar-refractivity contribution in [3.8, 4) is 0 Å². The highest BCUT2D eigenvalue weighted by molar-refractivity contribution is 9.10. The number of nitrogen functional groups attached to an aromatic ring is 1. The summed E-state index contributed by atoms with van der Waals surface area (Å²) in [5.74, 6) is 0. The van der Waals surface area contributed by atoms with Gasteiger partial charge in [0.1, 0.15) is 0 Å². The predicted octanol–water partition coefficient (Wildman–Crippen LogP) is 1.81. The summed E-state index contributed by atoms with van der Waals surface area (Å²) < 4.78 is 0.944. The molecule has 16 heavy (non-hydrogen) atoms. The first kappa shape index (κ1) is 13.3. The first-order valence-electron chi connectivity index (χ1n) is 5.27. The molecule has 0 aromatic carbocycles. The zero-order valence-electron chi connectivity index (χ0n) is 10.1. The van der Waals surface area contributed by atoms with E-state index >= 15 is 0 Å². The van der Waals surface area contributed by atoms with Crippen LogP contribution in [0.2, 0.25) is 0 Å². The Morgan fingerprint density at radius 2 is 1.94 bits per heavy atom. The van der Waals surface area contributed by atoms with Crippen LogP contribution in [0.3, 0.4) is 0 Å². The van der Waals surface area contributed by atoms with Crippen LogP contribution >= 0.6 is 15.9 Å². The van der Waals surface area contributed by atoms with Crippen molar-refractivity contribution in [1.29, 1.82) is 0 Å². The molecule has 1 rings (SSSR count). The van der Waals surface area contributed by atoms with Gasteiger partial charge in [0.25, 0.3) is 0 Å². The van der Waals surface area contributed by atoms with Gasteiger partial charge in [-0.2, -0.15) is 0 Å². The molecule has 1 aromatic heterocycles. The van der Waals surface area contributed by atoms with E-state index in [1.54, 1.807) is 12.4 Å². The number of halogens is 1. The molecule has 0 atom stereocenters. The third kappa shape index (κ3) is 3.64. The van der Waals surface area contributed by atoms with Gasteiger partial charge in [0.2, 0.25) is 0 Å². The fraction of sp³-hybridized carbons (Fsp3) is 0.545. The van der Waals surface area contributed by atoms with Gasteiger partial charge in [0.15, 0.2) is 0 Å². The summed E-state index contributed by atoms with van der Waals surface area (Å²) in [5, 5.41) is 0. The molecule has 90 valence electrons. The Bertz CT molecular complexity index is 321. The Hall–Kier alpha value is -0.810. The van der Waals surface area contributed by atoms with Crippen molar-refractivity contribution in [2.45, 2.75) is 6.42 Å². The van der Waals surface area contributed by atoms with Crippen molar-refractivity contribution in [2.75, 3.05) is 44.9 Å². The lowest BCUT2D eigenvalue weighted by Crippen LogP contribution is -2.24. The molecule has 4 nitrogen and oxygen atoms in total. The van der Waals surface area contributed by atoms with Crippen LogP contribution in [-0.2, 0) is 0 Å². The second-order valence-corrected chi connectivity index (χ2v) is 4.99. The van der Waals surface area contributed by atoms with Gasteiger partial charge < -0.3 is 15.5 Å². The van der Waals surface area contributed by atoms with Crippen LogP contribution in [0.4, 0.5) is 11.4 Å². The van der Waals surface area contributed by atoms with Gasteiger partial charge in [-0.05, 0) is 43.0 Å². The number of anilines is 2. The molecule has 0 aliphatic carbocycles. The molecule has 1 aromatic rings. The number of pyridine rings is 1. The van der Waals surface area contributed by atoms with E-state index in [1.165, 1.54) is 0 Å². The average Bonchev–Trinajstić information content (AvgIpc) is 2.16. The lowest BCUT2D eigenvalue weighted by Gasteiger charge is -2.22. The van der Waals surface area contributed by atoms with E-state index < -0.39 is 0 Å². The SMILES string of the molecule is CN(C)CCCN(C)c1c(N)cncc1Br. The number of rotatable bonds is 5. The van der Waals surface area contributed by atoms with Gasteiger partial charge in [0, 0.05) is 19.8 Å². The Kier molecular flexibility index (Phi) is 5.02. The van der Waals surface area contributed by atoms with Crippen LogP contribution in [0.1, 0.15) is 6.42 Å². The quantitative estimate of drug-likeness (QED) is 0.897. The molecule has 0 saturated heterocycles. The van der Waals surface area contributed by atoms with Crippen molar-refractivity contribution in [3.63, 3.8) is 0 Å². The van der Waals surface area contributed by atoms with Crippen molar-refractivity contribution < 1.29 is 0 Å². The maximum absolute atomic E-state index is 5.91. The molecule has 0 aliphatic rings. The van der Waals surface area contributed by atoms with Gasteiger partial charge >= 0.3 is 0 Å². The molecular formula is C11H19BrN4. The molecule has 2 N–H and O–H groups in total. The minimum Gasteiger partial charge on any atom is -0.396 e. The molecule has 0 aliphatic heterocycles. The lowest BCUT2D eigenvalue weighted by atomic mass is 10.3. The topological polar surface area (TPSA) is 45.4 Å². The van der Waals surface area contributed by atoms with Crippen LogP contribution in [0.15, 0.2) is 16.9 Å². The summed E-state index contributed by atoms with van der Waals surface area (Å²) in [4.78, 5) is 8.37. The largest absolute Gasteiger partial charge is 0.396 e. The fourth-order valence-corrected chi connectivity index (χ4v) is 2.23. The normalized spacial score (nSPS) is 10.8. The van der Waals surface area contributed by atoms with Gasteiger partial charge in [-0.15, -0.1) is 0 Å². The summed E-state index contributed by atoms with van der Waals surface area (Å²) in [6.45, 7) is 2.05. The van der Waals surface area contributed by atoms with Crippen molar-refractivity contribution >= 4 is 27.3 Å². The highest BCUT2D eigenvalue weighted by Gasteiger charge is 2.09. The smallest absolute Gasteiger partial charge is 0.0773 e. The molecule has 0 amide bonds. The van der Waals surface area contributed by atoms with Crippen LogP contribution < -0.4 is 10.6 Å². The van der Waals surface area contributed by atoms with Crippen LogP contribution in [0, 0.1) is 0 Å². The second-order valence-electron chi connectivity index (χ2n) is 4.14. The standard InChI is InChI=1S/C11H19BrN4/c1-15(2)5-4-6-16(3)11-9(12)7-14-8-10(11)13/h7-8H,4-6,13H2,1-3H3. The Balaban J connectivity index is 2.62. The molecule has 0 fully saturated rings. The lowest BCUT2D eigenvalue weighted by molar-refractivity contribution is 0.401. The zero-order chi connectivity index (χ0) is 12.1. The molecule has 0 bridgehead atoms. The van der Waals surface area contributed by atoms with Crippen molar-refractivity contribution in [2.24, 2.45) is 0 Å². The van der Waals surface area contributed by atoms with Gasteiger partial charge in [-0.3, -0.25) is 4.98 Å². The van der Waals surface area contributed by atoms with Gasteiger partial charge in [0.05, 0.1) is 22.0 Å². The molecule has 1 heterocycles. The number of hydrogen-bond donors (Lipinski definition) is 1. The fourth-order valence-electron chi connectivity index (χ4n) is 1.58. The summed E-state index contributed by atoms with van der Waals surface area (Å²) in [6.07, 6.45) is 4.56. The monoisotopic (exact) mass is 286 g/mol. The Morgan fingerprint density at radius 1 is 1.25 bits per heavy atom. The van der Waals surface area contributed by atoms with Gasteiger partial charge in [-0.25, -0.2) is 0 Å². The van der Waals surface area contributed by atoms with Crippen LogP contribution in [-0.4, -0.2) is 44.1 Å². The Morgan fingerprint density at radius 3 is 2.50 bits per heavy atom. The second kappa shape index (κ2) is 6.06. The number of nitrogens with zero attached hydrogens (tertiary/aromatic N) is 3. The van der Waals surface area contributed by atoms with Gasteiger partial charge in [-0.1, -0.05) is 0 Å². The minimum absolute atomic E-state index is 0.710. The molecule has 0 unspecified atom stereocenters. The summed E-state index contributed by atoms with van der Waals surface area (Å²) >= 11 is 3.47. The maximum Gasteiger partial charge on any atom is 0.0773 e. The van der Waals surface area contributed by atoms with E-state index in [1.807, 2.05) is 7.05 Å². The molecule has 0 radical (unpaired) electrons. The maximum atomic E-state index is 5.91. The molecule has 0 spiro atoms. The summed E-state index contributed by atoms with van der Waals surface area (Å²) in [5.41, 5.74) is 7.64. The van der Waals surface area contributed by atoms with Crippen molar-refractivity contribution in [3.05, 3.63) is 16.9 Å². The number of nitrogens with two attached hydrogens (primary N) is 1. The molecular weight excluding hydrogens is 268 g/mol. The first-order valence-corrected chi connectivity index (χ1v) is 6.06. The minimum atomic E-state index is 0.710. The third-order valence-electron chi connectivity index (χ3n) is 2.38. The van der Waals surface area contributed by atoms with E-state index in [2.05, 4.69) is 44.8 Å².